The van der Waals surface area contributed by atoms with Crippen molar-refractivity contribution in [2.24, 2.45) is 4.99 Å². The van der Waals surface area contributed by atoms with Crippen molar-refractivity contribution >= 4 is 17.0 Å². The number of hydrogen-bond donors (Lipinski definition) is 2. The molecule has 1 aliphatic rings. The van der Waals surface area contributed by atoms with Crippen molar-refractivity contribution in [3.05, 3.63) is 47.5 Å². The average Bonchev–Trinajstić information content (AvgIpc) is 2.55. The van der Waals surface area contributed by atoms with E-state index in [-0.39, 0.29) is 0 Å². The third kappa shape index (κ3) is 1.11. The van der Waals surface area contributed by atoms with E-state index in [2.05, 4.69) is 4.99 Å². The molecule has 0 saturated heterocycles. The fourth-order valence-corrected chi connectivity index (χ4v) is 1.99. The van der Waals surface area contributed by atoms with Crippen LogP contribution in [0.3, 0.4) is 0 Å². The van der Waals surface area contributed by atoms with Crippen molar-refractivity contribution in [2.75, 3.05) is 0 Å². The minimum absolute atomic E-state index is 0.473. The number of aliphatic imine (C=N–C) groups is 1. The van der Waals surface area contributed by atoms with Gasteiger partial charge in [-0.25, -0.2) is 4.99 Å². The molecule has 3 heteroatoms. The molecule has 0 atom stereocenters. The summed E-state index contributed by atoms with van der Waals surface area (Å²) in [5, 5.41) is 21.2. The number of benzene rings is 2. The first-order valence-corrected chi connectivity index (χ1v) is 4.71. The Morgan fingerprint density at radius 3 is 2.67 bits per heavy atom. The molecule has 1 heterocycles. The van der Waals surface area contributed by atoms with E-state index >= 15 is 0 Å². The fourth-order valence-electron chi connectivity index (χ4n) is 1.99. The molecule has 2 aromatic rings. The van der Waals surface area contributed by atoms with Crippen LogP contribution >= 0.6 is 0 Å². The number of hydrogen-bond acceptors (Lipinski definition) is 3. The Balaban J connectivity index is 2.46. The summed E-state index contributed by atoms with van der Waals surface area (Å²) in [7, 11) is 0. The van der Waals surface area contributed by atoms with E-state index in [1.807, 2.05) is 36.4 Å². The standard InChI is InChI=1S/C12H9NO2/c14-12(15)11-9(7-13-12)6-5-8-3-1-2-4-10(8)11/h1-7,14-15H. The van der Waals surface area contributed by atoms with E-state index in [4.69, 9.17) is 0 Å². The smallest absolute Gasteiger partial charge is 0.294 e. The molecule has 74 valence electrons. The molecule has 0 spiro atoms. The van der Waals surface area contributed by atoms with Gasteiger partial charge in [-0.1, -0.05) is 36.4 Å². The highest BCUT2D eigenvalue weighted by atomic mass is 16.5. The Morgan fingerprint density at radius 2 is 1.80 bits per heavy atom. The van der Waals surface area contributed by atoms with Crippen LogP contribution < -0.4 is 0 Å². The van der Waals surface area contributed by atoms with E-state index in [1.165, 1.54) is 6.21 Å². The highest BCUT2D eigenvalue weighted by molar-refractivity contribution is 5.97. The Hall–Kier alpha value is -1.71. The molecule has 0 amide bonds. The van der Waals surface area contributed by atoms with Crippen molar-refractivity contribution in [1.29, 1.82) is 0 Å². The maximum atomic E-state index is 9.70. The molecule has 0 saturated carbocycles. The topological polar surface area (TPSA) is 52.8 Å². The molecule has 0 bridgehead atoms. The van der Waals surface area contributed by atoms with Gasteiger partial charge in [0.25, 0.3) is 5.91 Å². The van der Waals surface area contributed by atoms with Crippen LogP contribution in [-0.4, -0.2) is 16.4 Å². The van der Waals surface area contributed by atoms with Crippen molar-refractivity contribution in [3.8, 4) is 0 Å². The van der Waals surface area contributed by atoms with E-state index in [1.54, 1.807) is 0 Å². The normalized spacial score (nSPS) is 16.9. The summed E-state index contributed by atoms with van der Waals surface area (Å²) in [4.78, 5) is 3.67. The Labute approximate surface area is 86.3 Å². The highest BCUT2D eigenvalue weighted by Crippen LogP contribution is 2.34. The van der Waals surface area contributed by atoms with Gasteiger partial charge in [-0.15, -0.1) is 0 Å². The van der Waals surface area contributed by atoms with Gasteiger partial charge in [-0.2, -0.15) is 0 Å². The van der Waals surface area contributed by atoms with Crippen LogP contribution in [0, 0.1) is 0 Å². The van der Waals surface area contributed by atoms with Crippen LogP contribution in [0.4, 0.5) is 0 Å². The molecule has 2 aromatic carbocycles. The van der Waals surface area contributed by atoms with Gasteiger partial charge >= 0.3 is 0 Å². The third-order valence-electron chi connectivity index (χ3n) is 2.68. The van der Waals surface area contributed by atoms with Gasteiger partial charge in [0, 0.05) is 11.8 Å². The second kappa shape index (κ2) is 2.66. The second-order valence-electron chi connectivity index (χ2n) is 3.64. The largest absolute Gasteiger partial charge is 0.344 e. The molecular formula is C12H9NO2. The average molecular weight is 199 g/mol. The van der Waals surface area contributed by atoms with Crippen molar-refractivity contribution in [3.63, 3.8) is 0 Å². The van der Waals surface area contributed by atoms with Gasteiger partial charge < -0.3 is 10.2 Å². The maximum Gasteiger partial charge on any atom is 0.294 e. The molecule has 0 aliphatic carbocycles. The summed E-state index contributed by atoms with van der Waals surface area (Å²) in [5.74, 6) is -2.07. The maximum absolute atomic E-state index is 9.70. The van der Waals surface area contributed by atoms with Crippen LogP contribution in [0.5, 0.6) is 0 Å². The first-order valence-electron chi connectivity index (χ1n) is 4.71. The first kappa shape index (κ1) is 8.59. The van der Waals surface area contributed by atoms with Crippen LogP contribution in [0.2, 0.25) is 0 Å². The molecule has 3 nitrogen and oxygen atoms in total. The lowest BCUT2D eigenvalue weighted by Gasteiger charge is -2.15. The van der Waals surface area contributed by atoms with Crippen LogP contribution in [0.1, 0.15) is 11.1 Å². The lowest BCUT2D eigenvalue weighted by atomic mass is 9.99. The van der Waals surface area contributed by atoms with Crippen molar-refractivity contribution in [2.45, 2.75) is 5.91 Å². The predicted octanol–water partition coefficient (Wildman–Crippen LogP) is 1.37. The molecule has 0 radical (unpaired) electrons. The van der Waals surface area contributed by atoms with E-state index in [0.717, 1.165) is 16.3 Å². The first-order chi connectivity index (χ1) is 7.18. The Kier molecular flexibility index (Phi) is 1.52. The van der Waals surface area contributed by atoms with Gasteiger partial charge in [-0.3, -0.25) is 0 Å². The third-order valence-corrected chi connectivity index (χ3v) is 2.68. The zero-order valence-corrected chi connectivity index (χ0v) is 7.88. The zero-order valence-electron chi connectivity index (χ0n) is 7.88. The molecule has 0 unspecified atom stereocenters. The molecule has 2 N–H and O–H groups in total. The molecule has 15 heavy (non-hydrogen) atoms. The predicted molar refractivity (Wildman–Crippen MR) is 57.7 cm³/mol. The van der Waals surface area contributed by atoms with Crippen LogP contribution in [-0.2, 0) is 5.91 Å². The minimum atomic E-state index is -2.07. The van der Waals surface area contributed by atoms with E-state index in [9.17, 15) is 10.2 Å². The monoisotopic (exact) mass is 199 g/mol. The van der Waals surface area contributed by atoms with E-state index in [0.29, 0.717) is 5.56 Å². The zero-order chi connectivity index (χ0) is 10.5. The summed E-state index contributed by atoms with van der Waals surface area (Å²) < 4.78 is 0. The van der Waals surface area contributed by atoms with Gasteiger partial charge in [0.2, 0.25) is 0 Å². The lowest BCUT2D eigenvalue weighted by Crippen LogP contribution is -2.19. The number of fused-ring (bicyclic) bond motifs is 3. The molecule has 0 aromatic heterocycles. The van der Waals surface area contributed by atoms with Crippen LogP contribution in [0.25, 0.3) is 10.8 Å². The second-order valence-corrected chi connectivity index (χ2v) is 3.64. The highest BCUT2D eigenvalue weighted by Gasteiger charge is 2.33. The summed E-state index contributed by atoms with van der Waals surface area (Å²) in [5.41, 5.74) is 1.24. The Bertz CT molecular complexity index is 573. The minimum Gasteiger partial charge on any atom is -0.344 e. The van der Waals surface area contributed by atoms with Gasteiger partial charge in [-0.05, 0) is 10.8 Å². The summed E-state index contributed by atoms with van der Waals surface area (Å²) >= 11 is 0. The van der Waals surface area contributed by atoms with E-state index < -0.39 is 5.91 Å². The molecule has 3 rings (SSSR count). The van der Waals surface area contributed by atoms with Crippen molar-refractivity contribution < 1.29 is 10.2 Å². The van der Waals surface area contributed by atoms with Gasteiger partial charge in [0.1, 0.15) is 0 Å². The number of rotatable bonds is 0. The summed E-state index contributed by atoms with van der Waals surface area (Å²) in [6.45, 7) is 0. The SMILES string of the molecule is OC1(O)N=Cc2ccc3ccccc3c21. The Morgan fingerprint density at radius 1 is 1.00 bits per heavy atom. The van der Waals surface area contributed by atoms with Gasteiger partial charge in [0.05, 0.1) is 5.56 Å². The fraction of sp³-hybridized carbons (Fsp3) is 0.0833. The molecular weight excluding hydrogens is 190 g/mol. The number of aliphatic hydroxyl groups is 2. The summed E-state index contributed by atoms with van der Waals surface area (Å²) in [6, 6.07) is 11.4. The lowest BCUT2D eigenvalue weighted by molar-refractivity contribution is -0.157. The molecule has 0 fully saturated rings. The number of nitrogens with zero attached hydrogens (tertiary/aromatic N) is 1. The quantitative estimate of drug-likeness (QED) is 0.629. The van der Waals surface area contributed by atoms with Crippen molar-refractivity contribution in [1.82, 2.24) is 0 Å². The van der Waals surface area contributed by atoms with Gasteiger partial charge in [0.15, 0.2) is 0 Å². The van der Waals surface area contributed by atoms with Crippen LogP contribution in [0.15, 0.2) is 41.4 Å². The summed E-state index contributed by atoms with van der Waals surface area (Å²) in [6.07, 6.45) is 1.49. The molecule has 1 aliphatic heterocycles.